The highest BCUT2D eigenvalue weighted by Crippen LogP contribution is 2.39. The average Bonchev–Trinajstić information content (AvgIpc) is 3.05. The zero-order valence-corrected chi connectivity index (χ0v) is 14.7. The molecule has 1 heterocycles. The maximum atomic E-state index is 11.1. The molecule has 0 bridgehead atoms. The fraction of sp³-hybridized carbons (Fsp3) is 0.278. The number of aryl methyl sites for hydroxylation is 1. The number of benzene rings is 2. The van der Waals surface area contributed by atoms with Crippen molar-refractivity contribution >= 4 is 29.3 Å². The lowest BCUT2D eigenvalue weighted by Gasteiger charge is -2.17. The first-order valence-corrected chi connectivity index (χ1v) is 9.04. The van der Waals surface area contributed by atoms with Gasteiger partial charge in [0.05, 0.1) is 5.37 Å². The average molecular weight is 364 g/mol. The van der Waals surface area contributed by atoms with Crippen LogP contribution < -0.4 is 10.1 Å². The van der Waals surface area contributed by atoms with Gasteiger partial charge in [0.2, 0.25) is 0 Å². The van der Waals surface area contributed by atoms with Gasteiger partial charge >= 0.3 is 5.97 Å². The molecular weight excluding hydrogens is 346 g/mol. The van der Waals surface area contributed by atoms with Crippen LogP contribution in [0.3, 0.4) is 0 Å². The largest absolute Gasteiger partial charge is 0.489 e. The summed E-state index contributed by atoms with van der Waals surface area (Å²) in [6.45, 7) is 2.50. The summed E-state index contributed by atoms with van der Waals surface area (Å²) in [4.78, 5) is 11.1. The highest BCUT2D eigenvalue weighted by Gasteiger charge is 2.32. The maximum Gasteiger partial charge on any atom is 0.321 e. The van der Waals surface area contributed by atoms with E-state index in [-0.39, 0.29) is 5.37 Å². The Labute approximate surface area is 150 Å². The van der Waals surface area contributed by atoms with Crippen LogP contribution in [-0.2, 0) is 11.4 Å². The highest BCUT2D eigenvalue weighted by atomic mass is 35.5. The van der Waals surface area contributed by atoms with E-state index in [1.54, 1.807) is 17.8 Å². The van der Waals surface area contributed by atoms with Crippen LogP contribution >= 0.6 is 23.4 Å². The monoisotopic (exact) mass is 363 g/mol. The lowest BCUT2D eigenvalue weighted by molar-refractivity contribution is -0.138. The van der Waals surface area contributed by atoms with E-state index >= 15 is 0 Å². The van der Waals surface area contributed by atoms with Gasteiger partial charge in [-0.15, -0.1) is 11.8 Å². The van der Waals surface area contributed by atoms with Gasteiger partial charge in [-0.1, -0.05) is 41.4 Å². The molecule has 1 fully saturated rings. The van der Waals surface area contributed by atoms with E-state index in [0.717, 1.165) is 16.9 Å². The van der Waals surface area contributed by atoms with E-state index in [1.165, 1.54) is 5.56 Å². The number of nitrogens with one attached hydrogen (secondary N) is 1. The van der Waals surface area contributed by atoms with Crippen molar-refractivity contribution in [2.45, 2.75) is 24.9 Å². The fourth-order valence-electron chi connectivity index (χ4n) is 2.49. The quantitative estimate of drug-likeness (QED) is 0.840. The summed E-state index contributed by atoms with van der Waals surface area (Å²) in [6.07, 6.45) is 0. The molecule has 2 unspecified atom stereocenters. The molecule has 1 aliphatic heterocycles. The Morgan fingerprint density at radius 1 is 1.33 bits per heavy atom. The van der Waals surface area contributed by atoms with E-state index in [4.69, 9.17) is 21.4 Å². The molecule has 2 atom stereocenters. The molecule has 4 nitrogen and oxygen atoms in total. The normalized spacial score (nSPS) is 20.1. The molecular formula is C18H18ClNO3S. The summed E-state index contributed by atoms with van der Waals surface area (Å²) in [5.74, 6) is 0.398. The van der Waals surface area contributed by atoms with E-state index in [1.807, 2.05) is 43.3 Å². The van der Waals surface area contributed by atoms with Crippen LogP contribution in [0.25, 0.3) is 0 Å². The van der Waals surface area contributed by atoms with Crippen LogP contribution in [0.5, 0.6) is 5.75 Å². The number of ether oxygens (including phenoxy) is 1. The summed E-state index contributed by atoms with van der Waals surface area (Å²) in [5, 5.41) is 12.7. The van der Waals surface area contributed by atoms with Crippen molar-refractivity contribution in [1.82, 2.24) is 5.32 Å². The molecule has 126 valence electrons. The number of halogens is 1. The summed E-state index contributed by atoms with van der Waals surface area (Å²) in [7, 11) is 0. The standard InChI is InChI=1S/C18H18ClNO3S/c1-11-2-4-12(5-3-11)9-23-16-7-6-13(19)8-14(16)17-20-15(10-24-17)18(21)22/h2-8,15,17,20H,9-10H2,1H3,(H,21,22). The number of carbonyl (C=O) groups is 1. The summed E-state index contributed by atoms with van der Waals surface area (Å²) in [6, 6.07) is 13.1. The summed E-state index contributed by atoms with van der Waals surface area (Å²) >= 11 is 7.67. The molecule has 0 saturated carbocycles. The zero-order valence-electron chi connectivity index (χ0n) is 13.2. The van der Waals surface area contributed by atoms with Crippen LogP contribution in [0, 0.1) is 6.92 Å². The van der Waals surface area contributed by atoms with Crippen molar-refractivity contribution in [3.63, 3.8) is 0 Å². The Kier molecular flexibility index (Phi) is 5.33. The predicted octanol–water partition coefficient (Wildman–Crippen LogP) is 4.02. The number of rotatable bonds is 5. The number of aliphatic carboxylic acids is 1. The van der Waals surface area contributed by atoms with Gasteiger partial charge in [0.15, 0.2) is 0 Å². The lowest BCUT2D eigenvalue weighted by atomic mass is 10.1. The van der Waals surface area contributed by atoms with Gasteiger partial charge in [-0.2, -0.15) is 0 Å². The van der Waals surface area contributed by atoms with Gasteiger partial charge in [-0.25, -0.2) is 0 Å². The first kappa shape index (κ1) is 17.1. The van der Waals surface area contributed by atoms with Gasteiger partial charge < -0.3 is 9.84 Å². The second-order valence-electron chi connectivity index (χ2n) is 5.73. The number of hydrogen-bond donors (Lipinski definition) is 2. The summed E-state index contributed by atoms with van der Waals surface area (Å²) in [5.41, 5.74) is 3.16. The Morgan fingerprint density at radius 3 is 2.75 bits per heavy atom. The Hall–Kier alpha value is -1.69. The number of thioether (sulfide) groups is 1. The van der Waals surface area contributed by atoms with E-state index in [9.17, 15) is 4.79 Å². The van der Waals surface area contributed by atoms with Crippen molar-refractivity contribution in [2.75, 3.05) is 5.75 Å². The molecule has 1 aliphatic rings. The molecule has 0 amide bonds. The van der Waals surface area contributed by atoms with Crippen molar-refractivity contribution in [1.29, 1.82) is 0 Å². The van der Waals surface area contributed by atoms with E-state index in [0.29, 0.717) is 17.4 Å². The molecule has 0 spiro atoms. The van der Waals surface area contributed by atoms with Gasteiger partial charge in [0, 0.05) is 16.3 Å². The minimum absolute atomic E-state index is 0.141. The molecule has 3 rings (SSSR count). The third-order valence-electron chi connectivity index (χ3n) is 3.85. The van der Waals surface area contributed by atoms with Crippen molar-refractivity contribution in [3.05, 3.63) is 64.2 Å². The van der Waals surface area contributed by atoms with Crippen LogP contribution in [0.4, 0.5) is 0 Å². The molecule has 24 heavy (non-hydrogen) atoms. The number of carboxylic acid groups (broad SMARTS) is 1. The predicted molar refractivity (Wildman–Crippen MR) is 96.7 cm³/mol. The first-order valence-electron chi connectivity index (χ1n) is 7.61. The molecule has 2 aromatic carbocycles. The Bertz CT molecular complexity index is 736. The smallest absolute Gasteiger partial charge is 0.321 e. The molecule has 0 aliphatic carbocycles. The lowest BCUT2D eigenvalue weighted by Crippen LogP contribution is -2.33. The zero-order chi connectivity index (χ0) is 17.1. The van der Waals surface area contributed by atoms with Gasteiger partial charge in [0.25, 0.3) is 0 Å². The van der Waals surface area contributed by atoms with Crippen LogP contribution in [0.2, 0.25) is 5.02 Å². The highest BCUT2D eigenvalue weighted by molar-refractivity contribution is 7.99. The van der Waals surface area contributed by atoms with Gasteiger partial charge in [-0.05, 0) is 30.7 Å². The van der Waals surface area contributed by atoms with Crippen LogP contribution in [0.15, 0.2) is 42.5 Å². The Balaban J connectivity index is 1.76. The number of carboxylic acids is 1. The minimum Gasteiger partial charge on any atom is -0.489 e. The second kappa shape index (κ2) is 7.47. The molecule has 2 N–H and O–H groups in total. The summed E-state index contributed by atoms with van der Waals surface area (Å²) < 4.78 is 5.97. The topological polar surface area (TPSA) is 58.6 Å². The van der Waals surface area contributed by atoms with Crippen molar-refractivity contribution < 1.29 is 14.6 Å². The van der Waals surface area contributed by atoms with E-state index < -0.39 is 12.0 Å². The minimum atomic E-state index is -0.839. The molecule has 0 radical (unpaired) electrons. The van der Waals surface area contributed by atoms with Gasteiger partial charge in [-0.3, -0.25) is 10.1 Å². The second-order valence-corrected chi connectivity index (χ2v) is 7.30. The molecule has 2 aromatic rings. The molecule has 0 aromatic heterocycles. The Morgan fingerprint density at radius 2 is 2.08 bits per heavy atom. The first-order chi connectivity index (χ1) is 11.5. The fourth-order valence-corrected chi connectivity index (χ4v) is 3.92. The van der Waals surface area contributed by atoms with Crippen molar-refractivity contribution in [3.8, 4) is 5.75 Å². The van der Waals surface area contributed by atoms with Crippen LogP contribution in [-0.4, -0.2) is 22.9 Å². The van der Waals surface area contributed by atoms with Gasteiger partial charge in [0.1, 0.15) is 18.4 Å². The third kappa shape index (κ3) is 4.04. The maximum absolute atomic E-state index is 11.1. The SMILES string of the molecule is Cc1ccc(COc2ccc(Cl)cc2C2NC(C(=O)O)CS2)cc1. The van der Waals surface area contributed by atoms with Crippen molar-refractivity contribution in [2.24, 2.45) is 0 Å². The number of hydrogen-bond acceptors (Lipinski definition) is 4. The third-order valence-corrected chi connectivity index (χ3v) is 5.33. The van der Waals surface area contributed by atoms with Crippen LogP contribution in [0.1, 0.15) is 22.1 Å². The van der Waals surface area contributed by atoms with E-state index in [2.05, 4.69) is 5.32 Å². The molecule has 6 heteroatoms. The molecule has 1 saturated heterocycles.